The Morgan fingerprint density at radius 2 is 2.06 bits per heavy atom. The second-order valence-electron chi connectivity index (χ2n) is 4.09. The van der Waals surface area contributed by atoms with E-state index in [1.165, 1.54) is 15.4 Å². The van der Waals surface area contributed by atoms with Gasteiger partial charge in [-0.3, -0.25) is 0 Å². The highest BCUT2D eigenvalue weighted by molar-refractivity contribution is 7.11. The number of aromatic nitrogens is 1. The van der Waals surface area contributed by atoms with Gasteiger partial charge in [0, 0.05) is 23.7 Å². The lowest BCUT2D eigenvalue weighted by molar-refractivity contribution is 0.573. The molecule has 0 aliphatic carbocycles. The summed E-state index contributed by atoms with van der Waals surface area (Å²) in [6.45, 7) is 5.20. The van der Waals surface area contributed by atoms with Crippen molar-refractivity contribution < 1.29 is 0 Å². The zero-order valence-corrected chi connectivity index (χ0v) is 11.1. The predicted octanol–water partition coefficient (Wildman–Crippen LogP) is 3.56. The van der Waals surface area contributed by atoms with E-state index in [2.05, 4.69) is 48.4 Å². The first-order valence-electron chi connectivity index (χ1n) is 6.01. The van der Waals surface area contributed by atoms with Crippen molar-refractivity contribution in [1.82, 2.24) is 10.3 Å². The van der Waals surface area contributed by atoms with E-state index in [1.54, 1.807) is 11.3 Å². The second-order valence-corrected chi connectivity index (χ2v) is 5.29. The van der Waals surface area contributed by atoms with Crippen LogP contribution in [0.2, 0.25) is 0 Å². The molecule has 1 aromatic heterocycles. The van der Waals surface area contributed by atoms with Crippen LogP contribution >= 0.6 is 11.3 Å². The van der Waals surface area contributed by atoms with E-state index in [9.17, 15) is 0 Å². The van der Waals surface area contributed by atoms with E-state index in [0.29, 0.717) is 6.04 Å². The number of hydrogen-bond acceptors (Lipinski definition) is 3. The van der Waals surface area contributed by atoms with Gasteiger partial charge in [-0.25, -0.2) is 4.98 Å². The summed E-state index contributed by atoms with van der Waals surface area (Å²) >= 11 is 1.80. The van der Waals surface area contributed by atoms with Crippen molar-refractivity contribution in [1.29, 1.82) is 0 Å². The van der Waals surface area contributed by atoms with Crippen LogP contribution in [-0.4, -0.2) is 4.98 Å². The van der Waals surface area contributed by atoms with E-state index in [4.69, 9.17) is 0 Å². The van der Waals surface area contributed by atoms with Gasteiger partial charge in [-0.15, -0.1) is 11.3 Å². The lowest BCUT2D eigenvalue weighted by Gasteiger charge is -2.12. The number of aryl methyl sites for hydroxylation is 1. The average Bonchev–Trinajstić information content (AvgIpc) is 2.85. The molecule has 1 aromatic carbocycles. The highest BCUT2D eigenvalue weighted by atomic mass is 32.1. The zero-order chi connectivity index (χ0) is 12.1. The molecule has 2 aromatic rings. The molecule has 90 valence electrons. The molecule has 0 amide bonds. The molecule has 2 rings (SSSR count). The molecule has 0 aliphatic rings. The Hall–Kier alpha value is -1.19. The van der Waals surface area contributed by atoms with Gasteiger partial charge < -0.3 is 5.32 Å². The molecule has 1 N–H and O–H groups in total. The maximum Gasteiger partial charge on any atom is 0.107 e. The fourth-order valence-electron chi connectivity index (χ4n) is 1.69. The lowest BCUT2D eigenvalue weighted by atomic mass is 10.1. The minimum absolute atomic E-state index is 0.366. The van der Waals surface area contributed by atoms with E-state index in [-0.39, 0.29) is 0 Å². The Labute approximate surface area is 107 Å². The van der Waals surface area contributed by atoms with Crippen molar-refractivity contribution in [2.45, 2.75) is 32.9 Å². The molecule has 0 fully saturated rings. The van der Waals surface area contributed by atoms with Crippen LogP contribution < -0.4 is 5.32 Å². The van der Waals surface area contributed by atoms with Crippen LogP contribution in [0.1, 0.15) is 35.3 Å². The minimum Gasteiger partial charge on any atom is -0.304 e. The molecule has 0 radical (unpaired) electrons. The summed E-state index contributed by atoms with van der Waals surface area (Å²) in [5.41, 5.74) is 1.32. The van der Waals surface area contributed by atoms with Crippen molar-refractivity contribution in [2.24, 2.45) is 0 Å². The van der Waals surface area contributed by atoms with Crippen LogP contribution in [0.25, 0.3) is 0 Å². The van der Waals surface area contributed by atoms with Crippen molar-refractivity contribution in [3.05, 3.63) is 52.0 Å². The van der Waals surface area contributed by atoms with Gasteiger partial charge in [-0.1, -0.05) is 37.3 Å². The standard InChI is InChI=1S/C14H18N2S/c1-3-13-9-16-14(17-13)10-15-11(2)12-7-5-4-6-8-12/h4-9,11,15H,3,10H2,1-2H3. The van der Waals surface area contributed by atoms with Crippen molar-refractivity contribution in [3.8, 4) is 0 Å². The largest absolute Gasteiger partial charge is 0.304 e. The first kappa shape index (κ1) is 12.3. The minimum atomic E-state index is 0.366. The molecular weight excluding hydrogens is 228 g/mol. The van der Waals surface area contributed by atoms with Gasteiger partial charge in [0.25, 0.3) is 0 Å². The van der Waals surface area contributed by atoms with E-state index < -0.39 is 0 Å². The molecule has 0 saturated heterocycles. The summed E-state index contributed by atoms with van der Waals surface area (Å²) in [5, 5.41) is 4.67. The van der Waals surface area contributed by atoms with E-state index >= 15 is 0 Å². The number of thiazole rings is 1. The fourth-order valence-corrected chi connectivity index (χ4v) is 2.51. The maximum absolute atomic E-state index is 4.41. The smallest absolute Gasteiger partial charge is 0.107 e. The molecule has 1 heterocycles. The normalized spacial score (nSPS) is 12.6. The van der Waals surface area contributed by atoms with Gasteiger partial charge in [-0.05, 0) is 18.9 Å². The fraction of sp³-hybridized carbons (Fsp3) is 0.357. The Bertz CT molecular complexity index is 450. The van der Waals surface area contributed by atoms with Crippen molar-refractivity contribution in [2.75, 3.05) is 0 Å². The molecule has 1 unspecified atom stereocenters. The average molecular weight is 246 g/mol. The summed E-state index contributed by atoms with van der Waals surface area (Å²) < 4.78 is 0. The SMILES string of the molecule is CCc1cnc(CNC(C)c2ccccc2)s1. The number of rotatable bonds is 5. The molecule has 0 bridgehead atoms. The summed E-state index contributed by atoms with van der Waals surface area (Å²) in [5.74, 6) is 0. The molecule has 3 heteroatoms. The highest BCUT2D eigenvalue weighted by Crippen LogP contribution is 2.16. The third kappa shape index (κ3) is 3.38. The lowest BCUT2D eigenvalue weighted by Crippen LogP contribution is -2.17. The predicted molar refractivity (Wildman–Crippen MR) is 73.2 cm³/mol. The third-order valence-corrected chi connectivity index (χ3v) is 3.95. The van der Waals surface area contributed by atoms with Gasteiger partial charge in [0.15, 0.2) is 0 Å². The molecule has 0 spiro atoms. The maximum atomic E-state index is 4.41. The van der Waals surface area contributed by atoms with Crippen LogP contribution in [0, 0.1) is 0 Å². The van der Waals surface area contributed by atoms with Crippen molar-refractivity contribution >= 4 is 11.3 Å². The van der Waals surface area contributed by atoms with Crippen LogP contribution in [-0.2, 0) is 13.0 Å². The number of nitrogens with zero attached hydrogens (tertiary/aromatic N) is 1. The van der Waals surface area contributed by atoms with Crippen LogP contribution in [0.5, 0.6) is 0 Å². The van der Waals surface area contributed by atoms with Crippen LogP contribution in [0.3, 0.4) is 0 Å². The number of nitrogens with one attached hydrogen (secondary N) is 1. The Morgan fingerprint density at radius 1 is 1.29 bits per heavy atom. The Balaban J connectivity index is 1.90. The topological polar surface area (TPSA) is 24.9 Å². The van der Waals surface area contributed by atoms with E-state index in [0.717, 1.165) is 13.0 Å². The van der Waals surface area contributed by atoms with Gasteiger partial charge in [-0.2, -0.15) is 0 Å². The first-order chi connectivity index (χ1) is 8.29. The van der Waals surface area contributed by atoms with Gasteiger partial charge in [0.05, 0.1) is 0 Å². The summed E-state index contributed by atoms with van der Waals surface area (Å²) in [6, 6.07) is 10.9. The molecule has 2 nitrogen and oxygen atoms in total. The summed E-state index contributed by atoms with van der Waals surface area (Å²) in [6.07, 6.45) is 3.06. The quantitative estimate of drug-likeness (QED) is 0.872. The highest BCUT2D eigenvalue weighted by Gasteiger charge is 2.05. The molecule has 1 atom stereocenters. The number of benzene rings is 1. The van der Waals surface area contributed by atoms with Crippen LogP contribution in [0.4, 0.5) is 0 Å². The monoisotopic (exact) mass is 246 g/mol. The molecule has 17 heavy (non-hydrogen) atoms. The van der Waals surface area contributed by atoms with Crippen LogP contribution in [0.15, 0.2) is 36.5 Å². The van der Waals surface area contributed by atoms with Gasteiger partial charge >= 0.3 is 0 Å². The number of hydrogen-bond donors (Lipinski definition) is 1. The second kappa shape index (κ2) is 5.94. The third-order valence-electron chi connectivity index (χ3n) is 2.81. The Kier molecular flexibility index (Phi) is 4.29. The van der Waals surface area contributed by atoms with Crippen molar-refractivity contribution in [3.63, 3.8) is 0 Å². The van der Waals surface area contributed by atoms with Gasteiger partial charge in [0.1, 0.15) is 5.01 Å². The first-order valence-corrected chi connectivity index (χ1v) is 6.83. The molecule has 0 aliphatic heterocycles. The Morgan fingerprint density at radius 3 is 2.71 bits per heavy atom. The summed E-state index contributed by atoms with van der Waals surface area (Å²) in [7, 11) is 0. The molecule has 0 saturated carbocycles. The van der Waals surface area contributed by atoms with Gasteiger partial charge in [0.2, 0.25) is 0 Å². The van der Waals surface area contributed by atoms with E-state index in [1.807, 2.05) is 12.3 Å². The summed E-state index contributed by atoms with van der Waals surface area (Å²) in [4.78, 5) is 5.76. The zero-order valence-electron chi connectivity index (χ0n) is 10.3. The molecular formula is C14H18N2S.